The molecule has 0 saturated heterocycles. The van der Waals surface area contributed by atoms with E-state index in [1.54, 1.807) is 23.3 Å². The molecule has 0 atom stereocenters. The Morgan fingerprint density at radius 1 is 0.656 bits per heavy atom. The van der Waals surface area contributed by atoms with Crippen LogP contribution in [0.2, 0.25) is 52.4 Å². The second kappa shape index (κ2) is 21.1. The molecule has 8 heteroatoms. The van der Waals surface area contributed by atoms with E-state index in [-0.39, 0.29) is 30.2 Å². The summed E-state index contributed by atoms with van der Waals surface area (Å²) in [6, 6.07) is 17.1. The van der Waals surface area contributed by atoms with Crippen LogP contribution in [0.25, 0.3) is 0 Å². The molecule has 0 amide bonds. The summed E-state index contributed by atoms with van der Waals surface area (Å²) in [7, 11) is -2.56. The summed E-state index contributed by atoms with van der Waals surface area (Å²) in [5.74, 6) is 0. The van der Waals surface area contributed by atoms with Gasteiger partial charge in [0.25, 0.3) is 0 Å². The van der Waals surface area contributed by atoms with E-state index < -0.39 is 16.6 Å². The molecule has 0 spiro atoms. The molecule has 2 rings (SSSR count). The summed E-state index contributed by atoms with van der Waals surface area (Å²) in [6.45, 7) is 19.8. The van der Waals surface area contributed by atoms with Gasteiger partial charge in [-0.2, -0.15) is 35.4 Å². The third-order valence-corrected chi connectivity index (χ3v) is 5.89. The van der Waals surface area contributed by atoms with E-state index in [2.05, 4.69) is 101 Å². The smallest absolute Gasteiger partial charge is 1.00 e. The normalized spacial score (nSPS) is 10.6. The molecule has 0 bridgehead atoms. The molecule has 0 aromatic heterocycles. The van der Waals surface area contributed by atoms with Gasteiger partial charge in [0.15, 0.2) is 16.6 Å². The van der Waals surface area contributed by atoms with Crippen molar-refractivity contribution in [1.29, 1.82) is 0 Å². The molecule has 2 aromatic rings. The molecule has 2 nitrogen and oxygen atoms in total. The summed E-state index contributed by atoms with van der Waals surface area (Å²) in [5, 5.41) is 0. The third kappa shape index (κ3) is 28.8. The van der Waals surface area contributed by atoms with Crippen molar-refractivity contribution < 1.29 is 57.0 Å². The van der Waals surface area contributed by atoms with Crippen LogP contribution in [0.1, 0.15) is 24.0 Å². The second-order valence-corrected chi connectivity index (χ2v) is 28.1. The Morgan fingerprint density at radius 2 is 0.906 bits per heavy atom. The zero-order chi connectivity index (χ0) is 23.0. The molecular formula is C24H44Cl2O2Si3Zr-2. The average molecular weight is 611 g/mol. The first-order valence-corrected chi connectivity index (χ1v) is 24.1. The summed E-state index contributed by atoms with van der Waals surface area (Å²) in [6.07, 6.45) is 4.59. The molecule has 0 aliphatic heterocycles. The molecule has 32 heavy (non-hydrogen) atoms. The van der Waals surface area contributed by atoms with Crippen LogP contribution in [0.4, 0.5) is 0 Å². The maximum absolute atomic E-state index is 5.77. The van der Waals surface area contributed by atoms with Crippen molar-refractivity contribution >= 4 is 22.1 Å². The standard InChI is InChI=1S/2C11H19OSi.C2H6Si.2ClH.Zr/c2*1-13(2,3)12-10-6-9-11-7-4-5-8-11;1-3-2;;;/h2*4-5,7-8H,6,9-10H2,1-3H3;1-2H3;2*1H;/q2*-1;;;;+2/p-2. The SMILES string of the molecule is C[Si](C)(C)OCCC[c-]1cccc1.C[Si](C)(C)OCCC[c-]1cccc1.C[Si](C)=[Zr+2].[Cl-].[Cl-]. The molecule has 0 saturated carbocycles. The first-order chi connectivity index (χ1) is 13.9. The van der Waals surface area contributed by atoms with Gasteiger partial charge in [0, 0.05) is 13.2 Å². The molecule has 0 fully saturated rings. The molecule has 2 aromatic carbocycles. The van der Waals surface area contributed by atoms with Crippen LogP contribution in [-0.4, -0.2) is 35.3 Å². The minimum atomic E-state index is -1.28. The average Bonchev–Trinajstić information content (AvgIpc) is 3.28. The quantitative estimate of drug-likeness (QED) is 0.229. The van der Waals surface area contributed by atoms with Gasteiger partial charge in [-0.15, -0.1) is 0 Å². The number of halogens is 2. The summed E-state index contributed by atoms with van der Waals surface area (Å²) < 4.78 is 11.5. The van der Waals surface area contributed by atoms with Crippen molar-refractivity contribution in [2.45, 2.75) is 78.1 Å². The van der Waals surface area contributed by atoms with Gasteiger partial charge in [0.1, 0.15) is 0 Å². The Morgan fingerprint density at radius 3 is 1.12 bits per heavy atom. The summed E-state index contributed by atoms with van der Waals surface area (Å²) >= 11 is 1.74. The predicted molar refractivity (Wildman–Crippen MR) is 137 cm³/mol. The van der Waals surface area contributed by atoms with Crippen LogP contribution in [0.15, 0.2) is 48.5 Å². The maximum Gasteiger partial charge on any atom is -1.00 e. The van der Waals surface area contributed by atoms with E-state index in [1.165, 1.54) is 11.1 Å². The molecule has 184 valence electrons. The van der Waals surface area contributed by atoms with Crippen LogP contribution in [0, 0.1) is 0 Å². The van der Waals surface area contributed by atoms with Crippen molar-refractivity contribution in [3.63, 3.8) is 0 Å². The third-order valence-electron chi connectivity index (χ3n) is 3.75. The van der Waals surface area contributed by atoms with Crippen molar-refractivity contribution in [3.8, 4) is 0 Å². The van der Waals surface area contributed by atoms with Crippen molar-refractivity contribution in [2.75, 3.05) is 13.2 Å². The van der Waals surface area contributed by atoms with Crippen molar-refractivity contribution in [2.24, 2.45) is 0 Å². The largest absolute Gasteiger partial charge is 1.00 e. The van der Waals surface area contributed by atoms with Crippen LogP contribution in [0.5, 0.6) is 0 Å². The zero-order valence-electron chi connectivity index (χ0n) is 21.4. The molecule has 0 aliphatic carbocycles. The zero-order valence-corrected chi connectivity index (χ0v) is 28.4. The first kappa shape index (κ1) is 37.3. The van der Waals surface area contributed by atoms with E-state index in [9.17, 15) is 0 Å². The van der Waals surface area contributed by atoms with Gasteiger partial charge >= 0.3 is 41.9 Å². The van der Waals surface area contributed by atoms with Crippen LogP contribution >= 0.6 is 0 Å². The Labute approximate surface area is 228 Å². The fraction of sp³-hybridized carbons (Fsp3) is 0.583. The minimum absolute atomic E-state index is 0. The molecule has 0 N–H and O–H groups in total. The van der Waals surface area contributed by atoms with Crippen LogP contribution in [-0.2, 0) is 45.0 Å². The summed E-state index contributed by atoms with van der Waals surface area (Å²) in [5.41, 5.74) is 3.07. The predicted octanol–water partition coefficient (Wildman–Crippen LogP) is 1.17. The van der Waals surface area contributed by atoms with Gasteiger partial charge in [0.05, 0.1) is 0 Å². The van der Waals surface area contributed by atoms with Gasteiger partial charge in [-0.25, -0.2) is 24.3 Å². The van der Waals surface area contributed by atoms with E-state index >= 15 is 0 Å². The van der Waals surface area contributed by atoms with E-state index in [4.69, 9.17) is 8.85 Å². The minimum Gasteiger partial charge on any atom is -1.00 e. The van der Waals surface area contributed by atoms with Gasteiger partial charge < -0.3 is 33.7 Å². The second-order valence-electron chi connectivity index (χ2n) is 9.72. The van der Waals surface area contributed by atoms with E-state index in [0.29, 0.717) is 0 Å². The maximum atomic E-state index is 5.77. The van der Waals surface area contributed by atoms with Gasteiger partial charge in [0.2, 0.25) is 0 Å². The number of rotatable bonds is 10. The van der Waals surface area contributed by atoms with Crippen molar-refractivity contribution in [1.82, 2.24) is 0 Å². The topological polar surface area (TPSA) is 18.5 Å². The monoisotopic (exact) mass is 608 g/mol. The van der Waals surface area contributed by atoms with E-state index in [0.717, 1.165) is 38.9 Å². The molecular weight excluding hydrogens is 567 g/mol. The fourth-order valence-electron chi connectivity index (χ4n) is 2.47. The van der Waals surface area contributed by atoms with E-state index in [1.807, 2.05) is 0 Å². The fourth-order valence-corrected chi connectivity index (χ4v) is 3.98. The molecule has 0 heterocycles. The Balaban J connectivity index is -0.000000428. The van der Waals surface area contributed by atoms with Crippen LogP contribution in [0.3, 0.4) is 0 Å². The first-order valence-electron chi connectivity index (χ1n) is 11.1. The van der Waals surface area contributed by atoms with Crippen LogP contribution < -0.4 is 24.8 Å². The van der Waals surface area contributed by atoms with Gasteiger partial charge in [-0.05, 0) is 52.1 Å². The van der Waals surface area contributed by atoms with Gasteiger partial charge in [-0.1, -0.05) is 12.8 Å². The van der Waals surface area contributed by atoms with Crippen molar-refractivity contribution in [3.05, 3.63) is 59.7 Å². The summed E-state index contributed by atoms with van der Waals surface area (Å²) in [4.78, 5) is 0. The Hall–Kier alpha value is 0.734. The number of aryl methyl sites for hydroxylation is 2. The van der Waals surface area contributed by atoms with Gasteiger partial charge in [-0.3, -0.25) is 0 Å². The Kier molecular flexibility index (Phi) is 24.5. The molecule has 0 aliphatic rings. The number of hydrogen-bond donors (Lipinski definition) is 0. The Bertz CT molecular complexity index is 594. The number of hydrogen-bond acceptors (Lipinski definition) is 2. The molecule has 0 unspecified atom stereocenters. The molecule has 0 radical (unpaired) electrons.